The van der Waals surface area contributed by atoms with Crippen LogP contribution >= 0.6 is 0 Å². The highest BCUT2D eigenvalue weighted by atomic mass is 16.3. The van der Waals surface area contributed by atoms with Crippen LogP contribution in [0.3, 0.4) is 0 Å². The van der Waals surface area contributed by atoms with E-state index in [-0.39, 0.29) is 5.78 Å². The van der Waals surface area contributed by atoms with Crippen molar-refractivity contribution in [3.05, 3.63) is 48.0 Å². The summed E-state index contributed by atoms with van der Waals surface area (Å²) in [6.07, 6.45) is 9.00. The number of hydrogen-bond acceptors (Lipinski definition) is 2. The molecule has 0 unspecified atom stereocenters. The molecule has 22 heavy (non-hydrogen) atoms. The summed E-state index contributed by atoms with van der Waals surface area (Å²) in [7, 11) is 0. The minimum atomic E-state index is -0.567. The van der Waals surface area contributed by atoms with Crippen LogP contribution in [-0.2, 0) is 11.2 Å². The Morgan fingerprint density at radius 3 is 2.59 bits per heavy atom. The van der Waals surface area contributed by atoms with Crippen LogP contribution < -0.4 is 0 Å². The molecule has 1 atom stereocenters. The van der Waals surface area contributed by atoms with Gasteiger partial charge in [0, 0.05) is 6.42 Å². The van der Waals surface area contributed by atoms with Crippen molar-refractivity contribution in [2.75, 3.05) is 0 Å². The largest absolute Gasteiger partial charge is 0.390 e. The monoisotopic (exact) mass is 302 g/mol. The third-order valence-corrected chi connectivity index (χ3v) is 3.83. The molecule has 0 radical (unpaired) electrons. The van der Waals surface area contributed by atoms with Crippen LogP contribution in [0.25, 0.3) is 0 Å². The topological polar surface area (TPSA) is 37.3 Å². The fourth-order valence-corrected chi connectivity index (χ4v) is 2.43. The predicted octanol–water partition coefficient (Wildman–Crippen LogP) is 4.71. The van der Waals surface area contributed by atoms with Gasteiger partial charge in [-0.2, -0.15) is 0 Å². The van der Waals surface area contributed by atoms with Crippen molar-refractivity contribution in [1.29, 1.82) is 0 Å². The summed E-state index contributed by atoms with van der Waals surface area (Å²) in [4.78, 5) is 11.8. The molecule has 1 rings (SSSR count). The Kier molecular flexibility index (Phi) is 8.11. The molecule has 2 nitrogen and oxygen atoms in total. The van der Waals surface area contributed by atoms with Gasteiger partial charge in [-0.3, -0.25) is 4.79 Å². The summed E-state index contributed by atoms with van der Waals surface area (Å²) in [5.74, 6) is 0.757. The second kappa shape index (κ2) is 9.58. The smallest absolute Gasteiger partial charge is 0.155 e. The molecule has 0 heterocycles. The van der Waals surface area contributed by atoms with Crippen molar-refractivity contribution >= 4 is 5.78 Å². The molecule has 0 aliphatic heterocycles. The Hall–Kier alpha value is -1.41. The fourth-order valence-electron chi connectivity index (χ4n) is 2.43. The Morgan fingerprint density at radius 1 is 1.27 bits per heavy atom. The molecule has 0 bridgehead atoms. The molecule has 0 aliphatic carbocycles. The average Bonchev–Trinajstić information content (AvgIpc) is 2.45. The van der Waals surface area contributed by atoms with Crippen LogP contribution in [-0.4, -0.2) is 16.5 Å². The maximum Gasteiger partial charge on any atom is 0.155 e. The number of hydrogen-bond donors (Lipinski definition) is 1. The van der Waals surface area contributed by atoms with E-state index in [0.717, 1.165) is 32.1 Å². The Balaban J connectivity index is 2.17. The summed E-state index contributed by atoms with van der Waals surface area (Å²) in [5, 5.41) is 9.67. The highest BCUT2D eigenvalue weighted by Gasteiger charge is 2.12. The molecule has 0 aromatic heterocycles. The standard InChI is InChI=1S/C20H30O2/c1-17(10-8-16-20(2,3)22)9-7-13-19(21)15-14-18-11-5-4-6-12-18/h4-7,11-13,17,22H,8-10,14-16H2,1-3H3/b13-7+/t17-/m0/s1. The fraction of sp³-hybridized carbons (Fsp3) is 0.550. The first-order valence-corrected chi connectivity index (χ1v) is 8.32. The molecule has 1 aromatic carbocycles. The van der Waals surface area contributed by atoms with Crippen molar-refractivity contribution in [2.45, 2.75) is 64.9 Å². The molecule has 0 saturated heterocycles. The van der Waals surface area contributed by atoms with Gasteiger partial charge in [-0.1, -0.05) is 56.2 Å². The molecular weight excluding hydrogens is 272 g/mol. The quantitative estimate of drug-likeness (QED) is 0.635. The zero-order valence-electron chi connectivity index (χ0n) is 14.2. The number of rotatable bonds is 10. The first-order chi connectivity index (χ1) is 10.4. The van der Waals surface area contributed by atoms with Crippen molar-refractivity contribution in [3.8, 4) is 0 Å². The molecule has 0 amide bonds. The summed E-state index contributed by atoms with van der Waals surface area (Å²) < 4.78 is 0. The van der Waals surface area contributed by atoms with E-state index in [9.17, 15) is 9.90 Å². The molecule has 0 fully saturated rings. The summed E-state index contributed by atoms with van der Waals surface area (Å²) in [5.41, 5.74) is 0.646. The molecule has 1 N–H and O–H groups in total. The lowest BCUT2D eigenvalue weighted by Crippen LogP contribution is -2.18. The highest BCUT2D eigenvalue weighted by molar-refractivity contribution is 5.89. The minimum Gasteiger partial charge on any atom is -0.390 e. The number of carbonyl (C=O) groups is 1. The van der Waals surface area contributed by atoms with Crippen molar-refractivity contribution in [3.63, 3.8) is 0 Å². The van der Waals surface area contributed by atoms with Crippen LogP contribution in [0.4, 0.5) is 0 Å². The second-order valence-corrected chi connectivity index (χ2v) is 6.90. The SMILES string of the molecule is C[C@@H](C/C=C/C(=O)CCc1ccccc1)CCCC(C)(C)O. The lowest BCUT2D eigenvalue weighted by atomic mass is 9.95. The molecule has 0 spiro atoms. The molecule has 122 valence electrons. The minimum absolute atomic E-state index is 0.201. The third-order valence-electron chi connectivity index (χ3n) is 3.83. The molecule has 1 aromatic rings. The van der Waals surface area contributed by atoms with Crippen molar-refractivity contribution in [2.24, 2.45) is 5.92 Å². The van der Waals surface area contributed by atoms with E-state index in [0.29, 0.717) is 12.3 Å². The maximum absolute atomic E-state index is 11.8. The van der Waals surface area contributed by atoms with Gasteiger partial charge in [-0.25, -0.2) is 0 Å². The molecule has 0 aliphatic rings. The normalized spacial score (nSPS) is 13.5. The second-order valence-electron chi connectivity index (χ2n) is 6.90. The van der Waals surface area contributed by atoms with Gasteiger partial charge >= 0.3 is 0 Å². The average molecular weight is 302 g/mol. The third kappa shape index (κ3) is 9.51. The van der Waals surface area contributed by atoms with E-state index < -0.39 is 5.60 Å². The van der Waals surface area contributed by atoms with E-state index in [1.165, 1.54) is 5.56 Å². The Labute approximate surface area is 135 Å². The van der Waals surface area contributed by atoms with Gasteiger partial charge in [-0.15, -0.1) is 0 Å². The van der Waals surface area contributed by atoms with Gasteiger partial charge in [0.15, 0.2) is 5.78 Å². The molecular formula is C20H30O2. The number of benzene rings is 1. The number of ketones is 1. The van der Waals surface area contributed by atoms with Gasteiger partial charge in [0.1, 0.15) is 0 Å². The van der Waals surface area contributed by atoms with Crippen molar-refractivity contribution in [1.82, 2.24) is 0 Å². The first kappa shape index (κ1) is 18.6. The van der Waals surface area contributed by atoms with Crippen LogP contribution in [0.1, 0.15) is 58.4 Å². The van der Waals surface area contributed by atoms with Gasteiger partial charge in [-0.05, 0) is 50.7 Å². The zero-order valence-corrected chi connectivity index (χ0v) is 14.2. The number of carbonyl (C=O) groups excluding carboxylic acids is 1. The maximum atomic E-state index is 11.8. The van der Waals surface area contributed by atoms with E-state index in [4.69, 9.17) is 0 Å². The van der Waals surface area contributed by atoms with Crippen LogP contribution in [0, 0.1) is 5.92 Å². The lowest BCUT2D eigenvalue weighted by Gasteiger charge is -2.17. The van der Waals surface area contributed by atoms with Gasteiger partial charge in [0.2, 0.25) is 0 Å². The van der Waals surface area contributed by atoms with Gasteiger partial charge < -0.3 is 5.11 Å². The Bertz CT molecular complexity index is 454. The number of aliphatic hydroxyl groups is 1. The number of aryl methyl sites for hydroxylation is 1. The highest BCUT2D eigenvalue weighted by Crippen LogP contribution is 2.18. The lowest BCUT2D eigenvalue weighted by molar-refractivity contribution is -0.114. The Morgan fingerprint density at radius 2 is 1.95 bits per heavy atom. The number of allylic oxidation sites excluding steroid dienone is 2. The van der Waals surface area contributed by atoms with Gasteiger partial charge in [0.05, 0.1) is 5.60 Å². The zero-order chi connectivity index (χ0) is 16.4. The van der Waals surface area contributed by atoms with E-state index in [1.807, 2.05) is 38.1 Å². The molecule has 2 heteroatoms. The van der Waals surface area contributed by atoms with E-state index >= 15 is 0 Å². The van der Waals surface area contributed by atoms with Crippen LogP contribution in [0.5, 0.6) is 0 Å². The summed E-state index contributed by atoms with van der Waals surface area (Å²) in [6, 6.07) is 10.1. The van der Waals surface area contributed by atoms with E-state index in [2.05, 4.69) is 19.1 Å². The van der Waals surface area contributed by atoms with Crippen molar-refractivity contribution < 1.29 is 9.90 Å². The summed E-state index contributed by atoms with van der Waals surface area (Å²) >= 11 is 0. The van der Waals surface area contributed by atoms with Crippen LogP contribution in [0.15, 0.2) is 42.5 Å². The predicted molar refractivity (Wildman–Crippen MR) is 92.8 cm³/mol. The molecule has 0 saturated carbocycles. The first-order valence-electron chi connectivity index (χ1n) is 8.32. The van der Waals surface area contributed by atoms with Gasteiger partial charge in [0.25, 0.3) is 0 Å². The van der Waals surface area contributed by atoms with E-state index in [1.54, 1.807) is 6.08 Å². The van der Waals surface area contributed by atoms with Crippen LogP contribution in [0.2, 0.25) is 0 Å². The summed E-state index contributed by atoms with van der Waals surface area (Å²) in [6.45, 7) is 5.90.